The Morgan fingerprint density at radius 2 is 1.58 bits per heavy atom. The number of aliphatic hydroxyl groups is 1. The zero-order chi connectivity index (χ0) is 26.0. The lowest BCUT2D eigenvalue weighted by Crippen LogP contribution is -2.29. The van der Waals surface area contributed by atoms with Gasteiger partial charge in [0.05, 0.1) is 24.3 Å². The van der Waals surface area contributed by atoms with Gasteiger partial charge in [0.15, 0.2) is 0 Å². The number of methoxy groups -OCH3 is 1. The van der Waals surface area contributed by atoms with Gasteiger partial charge in [0.2, 0.25) is 0 Å². The number of benzene rings is 3. The van der Waals surface area contributed by atoms with Crippen LogP contribution in [0.5, 0.6) is 5.75 Å². The van der Waals surface area contributed by atoms with Gasteiger partial charge in [0.1, 0.15) is 11.5 Å². The van der Waals surface area contributed by atoms with Crippen molar-refractivity contribution in [1.82, 2.24) is 4.90 Å². The second kappa shape index (κ2) is 10.1. The van der Waals surface area contributed by atoms with Crippen molar-refractivity contribution >= 4 is 23.4 Å². The Morgan fingerprint density at radius 3 is 2.17 bits per heavy atom. The first-order valence-electron chi connectivity index (χ1n) is 11.6. The van der Waals surface area contributed by atoms with Crippen molar-refractivity contribution in [2.75, 3.05) is 7.11 Å². The summed E-state index contributed by atoms with van der Waals surface area (Å²) < 4.78 is 5.44. The van der Waals surface area contributed by atoms with E-state index >= 15 is 0 Å². The number of rotatable bonds is 7. The van der Waals surface area contributed by atoms with Crippen LogP contribution in [-0.4, -0.2) is 39.9 Å². The molecule has 0 aliphatic carbocycles. The molecule has 1 saturated heterocycles. The summed E-state index contributed by atoms with van der Waals surface area (Å²) in [6.45, 7) is 4.07. The topological polar surface area (TPSA) is 104 Å². The zero-order valence-corrected chi connectivity index (χ0v) is 20.3. The van der Waals surface area contributed by atoms with E-state index < -0.39 is 23.7 Å². The van der Waals surface area contributed by atoms with Crippen LogP contribution in [0.15, 0.2) is 78.4 Å². The molecule has 0 saturated carbocycles. The van der Waals surface area contributed by atoms with Gasteiger partial charge in [-0.2, -0.15) is 0 Å². The first kappa shape index (κ1) is 24.7. The lowest BCUT2D eigenvalue weighted by Gasteiger charge is -2.25. The summed E-state index contributed by atoms with van der Waals surface area (Å²) >= 11 is 0. The number of carbonyl (C=O) groups excluding carboxylic acids is 2. The molecule has 184 valence electrons. The standard InChI is InChI=1S/C29H27NO6/c1-17(2)22-15-21(13-14-23(22)36-3)26(31)24-25(19-7-5-4-6-8-19)30(28(33)27(24)32)16-18-9-11-20(12-10-18)29(34)35/h4-15,17,25,31H,16H2,1-3H3,(H,34,35)/b26-24-. The van der Waals surface area contributed by atoms with Crippen LogP contribution in [0.3, 0.4) is 0 Å². The lowest BCUT2D eigenvalue weighted by atomic mass is 9.93. The van der Waals surface area contributed by atoms with Gasteiger partial charge in [-0.05, 0) is 52.9 Å². The second-order valence-electron chi connectivity index (χ2n) is 8.95. The zero-order valence-electron chi connectivity index (χ0n) is 20.3. The molecule has 0 bridgehead atoms. The third-order valence-electron chi connectivity index (χ3n) is 6.33. The van der Waals surface area contributed by atoms with Crippen molar-refractivity contribution < 1.29 is 29.3 Å². The highest BCUT2D eigenvalue weighted by Gasteiger charge is 2.46. The van der Waals surface area contributed by atoms with Gasteiger partial charge in [-0.25, -0.2) is 4.79 Å². The molecule has 3 aromatic carbocycles. The van der Waals surface area contributed by atoms with E-state index in [9.17, 15) is 19.5 Å². The summed E-state index contributed by atoms with van der Waals surface area (Å²) in [5, 5.41) is 20.5. The molecule has 7 nitrogen and oxygen atoms in total. The van der Waals surface area contributed by atoms with E-state index in [-0.39, 0.29) is 29.4 Å². The van der Waals surface area contributed by atoms with Crippen LogP contribution in [0.25, 0.3) is 5.76 Å². The number of ether oxygens (including phenoxy) is 1. The smallest absolute Gasteiger partial charge is 0.335 e. The predicted octanol–water partition coefficient (Wildman–Crippen LogP) is 5.14. The fourth-order valence-electron chi connectivity index (χ4n) is 4.46. The molecule has 1 aliphatic rings. The third-order valence-corrected chi connectivity index (χ3v) is 6.33. The van der Waals surface area contributed by atoms with Crippen molar-refractivity contribution in [3.63, 3.8) is 0 Å². The summed E-state index contributed by atoms with van der Waals surface area (Å²) in [5.74, 6) is -2.03. The Bertz CT molecular complexity index is 1340. The molecule has 1 fully saturated rings. The number of carboxylic acids is 1. The van der Waals surface area contributed by atoms with E-state index in [1.807, 2.05) is 19.9 Å². The quantitative estimate of drug-likeness (QED) is 0.273. The van der Waals surface area contributed by atoms with Crippen molar-refractivity contribution in [2.24, 2.45) is 0 Å². The summed E-state index contributed by atoms with van der Waals surface area (Å²) in [4.78, 5) is 39.1. The molecule has 0 aromatic heterocycles. The summed E-state index contributed by atoms with van der Waals surface area (Å²) in [6.07, 6.45) is 0. The van der Waals surface area contributed by atoms with Crippen LogP contribution in [0, 0.1) is 0 Å². The van der Waals surface area contributed by atoms with Gasteiger partial charge < -0.3 is 19.8 Å². The maximum Gasteiger partial charge on any atom is 0.335 e. The largest absolute Gasteiger partial charge is 0.507 e. The highest BCUT2D eigenvalue weighted by molar-refractivity contribution is 6.46. The molecule has 1 aliphatic heterocycles. The molecule has 1 unspecified atom stereocenters. The predicted molar refractivity (Wildman–Crippen MR) is 135 cm³/mol. The van der Waals surface area contributed by atoms with Crippen molar-refractivity contribution in [1.29, 1.82) is 0 Å². The Balaban J connectivity index is 1.82. The fraction of sp³-hybridized carbons (Fsp3) is 0.207. The third kappa shape index (κ3) is 4.60. The van der Waals surface area contributed by atoms with Gasteiger partial charge in [-0.3, -0.25) is 9.59 Å². The highest BCUT2D eigenvalue weighted by Crippen LogP contribution is 2.41. The van der Waals surface area contributed by atoms with Crippen molar-refractivity contribution in [3.05, 3.63) is 106 Å². The minimum Gasteiger partial charge on any atom is -0.507 e. The summed E-state index contributed by atoms with van der Waals surface area (Å²) in [5.41, 5.74) is 2.76. The first-order chi connectivity index (χ1) is 17.2. The maximum absolute atomic E-state index is 13.3. The normalized spacial score (nSPS) is 17.0. The minimum absolute atomic E-state index is 0.00762. The van der Waals surface area contributed by atoms with Crippen LogP contribution in [-0.2, 0) is 16.1 Å². The van der Waals surface area contributed by atoms with Gasteiger partial charge in [-0.1, -0.05) is 56.3 Å². The molecule has 1 heterocycles. The number of aliphatic hydroxyl groups excluding tert-OH is 1. The molecule has 7 heteroatoms. The monoisotopic (exact) mass is 485 g/mol. The molecular formula is C29H27NO6. The average molecular weight is 486 g/mol. The molecular weight excluding hydrogens is 458 g/mol. The second-order valence-corrected chi connectivity index (χ2v) is 8.95. The number of hydrogen-bond donors (Lipinski definition) is 2. The number of ketones is 1. The number of likely N-dealkylation sites (tertiary alicyclic amines) is 1. The first-order valence-corrected chi connectivity index (χ1v) is 11.6. The highest BCUT2D eigenvalue weighted by atomic mass is 16.5. The van der Waals surface area contributed by atoms with Gasteiger partial charge in [0, 0.05) is 12.1 Å². The molecule has 0 spiro atoms. The van der Waals surface area contributed by atoms with Crippen LogP contribution in [0.2, 0.25) is 0 Å². The summed E-state index contributed by atoms with van der Waals surface area (Å²) in [6, 6.07) is 19.6. The molecule has 4 rings (SSSR count). The van der Waals surface area contributed by atoms with E-state index in [1.54, 1.807) is 61.7 Å². The van der Waals surface area contributed by atoms with Crippen molar-refractivity contribution in [2.45, 2.75) is 32.4 Å². The number of Topliss-reactive ketones (excluding diaryl/α,β-unsaturated/α-hetero) is 1. The number of hydrogen-bond acceptors (Lipinski definition) is 5. The van der Waals surface area contributed by atoms with E-state index in [0.29, 0.717) is 22.4 Å². The number of amides is 1. The number of nitrogens with zero attached hydrogens (tertiary/aromatic N) is 1. The molecule has 1 amide bonds. The number of carboxylic acid groups (broad SMARTS) is 1. The van der Waals surface area contributed by atoms with Crippen LogP contribution in [0.4, 0.5) is 0 Å². The number of carbonyl (C=O) groups is 3. The lowest BCUT2D eigenvalue weighted by molar-refractivity contribution is -0.140. The van der Waals surface area contributed by atoms with Gasteiger partial charge in [0.25, 0.3) is 11.7 Å². The Morgan fingerprint density at radius 1 is 0.944 bits per heavy atom. The molecule has 1 atom stereocenters. The Labute approximate surface area is 209 Å². The van der Waals surface area contributed by atoms with E-state index in [1.165, 1.54) is 17.0 Å². The van der Waals surface area contributed by atoms with E-state index in [0.717, 1.165) is 5.56 Å². The van der Waals surface area contributed by atoms with Crippen LogP contribution >= 0.6 is 0 Å². The number of aromatic carboxylic acids is 1. The van der Waals surface area contributed by atoms with Crippen LogP contribution < -0.4 is 4.74 Å². The fourth-order valence-corrected chi connectivity index (χ4v) is 4.46. The summed E-state index contributed by atoms with van der Waals surface area (Å²) in [7, 11) is 1.57. The maximum atomic E-state index is 13.3. The van der Waals surface area contributed by atoms with E-state index in [4.69, 9.17) is 9.84 Å². The van der Waals surface area contributed by atoms with Gasteiger partial charge in [-0.15, -0.1) is 0 Å². The van der Waals surface area contributed by atoms with E-state index in [2.05, 4.69) is 0 Å². The molecule has 0 radical (unpaired) electrons. The Kier molecular flexibility index (Phi) is 6.92. The molecule has 2 N–H and O–H groups in total. The van der Waals surface area contributed by atoms with Crippen molar-refractivity contribution in [3.8, 4) is 5.75 Å². The average Bonchev–Trinajstić information content (AvgIpc) is 3.13. The SMILES string of the molecule is COc1ccc(/C(O)=C2/C(=O)C(=O)N(Cc3ccc(C(=O)O)cc3)C2c2ccccc2)cc1C(C)C. The molecule has 36 heavy (non-hydrogen) atoms. The molecule has 3 aromatic rings. The van der Waals surface area contributed by atoms with Gasteiger partial charge >= 0.3 is 5.97 Å². The Hall–Kier alpha value is -4.39. The minimum atomic E-state index is -1.05. The van der Waals surface area contributed by atoms with Crippen LogP contribution in [0.1, 0.15) is 58.4 Å².